The number of fused-ring (bicyclic) bond motifs is 1. The molecule has 1 unspecified atom stereocenters. The summed E-state index contributed by atoms with van der Waals surface area (Å²) in [5.41, 5.74) is 2.30. The predicted molar refractivity (Wildman–Crippen MR) is 130 cm³/mol. The summed E-state index contributed by atoms with van der Waals surface area (Å²) in [5.74, 6) is -0.360. The second-order valence-electron chi connectivity index (χ2n) is 8.25. The molecule has 3 aromatic rings. The fourth-order valence-corrected chi connectivity index (χ4v) is 4.37. The van der Waals surface area contributed by atoms with E-state index >= 15 is 0 Å². The van der Waals surface area contributed by atoms with Crippen molar-refractivity contribution < 1.29 is 9.59 Å². The number of carbonyl (C=O) groups is 2. The van der Waals surface area contributed by atoms with Crippen molar-refractivity contribution in [3.05, 3.63) is 90.5 Å². The Labute approximate surface area is 189 Å². The number of anilines is 1. The zero-order valence-electron chi connectivity index (χ0n) is 18.2. The minimum absolute atomic E-state index is 0.0309. The topological polar surface area (TPSA) is 61.4 Å². The Bertz CT molecular complexity index is 1120. The number of hydrogen-bond acceptors (Lipinski definition) is 3. The summed E-state index contributed by atoms with van der Waals surface area (Å²) in [6.45, 7) is 6.52. The minimum Gasteiger partial charge on any atom is -0.349 e. The third-order valence-electron chi connectivity index (χ3n) is 5.99. The van der Waals surface area contributed by atoms with Crippen LogP contribution in [0.25, 0.3) is 10.8 Å². The molecule has 164 valence electrons. The van der Waals surface area contributed by atoms with Gasteiger partial charge in [-0.15, -0.1) is 6.58 Å². The zero-order chi connectivity index (χ0) is 22.3. The number of piperidine rings is 1. The van der Waals surface area contributed by atoms with Gasteiger partial charge in [-0.3, -0.25) is 14.5 Å². The fraction of sp³-hybridized carbons (Fsp3) is 0.259. The molecule has 5 heteroatoms. The molecule has 5 nitrogen and oxygen atoms in total. The molecule has 3 aromatic carbocycles. The minimum atomic E-state index is -0.220. The van der Waals surface area contributed by atoms with Crippen molar-refractivity contribution in [1.82, 2.24) is 10.2 Å². The highest BCUT2D eigenvalue weighted by atomic mass is 16.2. The first-order chi connectivity index (χ1) is 15.7. The number of para-hydroxylation sites is 1. The summed E-state index contributed by atoms with van der Waals surface area (Å²) in [6, 6.07) is 21.9. The zero-order valence-corrected chi connectivity index (χ0v) is 18.2. The quantitative estimate of drug-likeness (QED) is 0.542. The van der Waals surface area contributed by atoms with Crippen LogP contribution in [0.3, 0.4) is 0 Å². The van der Waals surface area contributed by atoms with Crippen molar-refractivity contribution in [3.8, 4) is 0 Å². The predicted octanol–water partition coefficient (Wildman–Crippen LogP) is 4.61. The van der Waals surface area contributed by atoms with Crippen LogP contribution in [-0.2, 0) is 11.3 Å². The summed E-state index contributed by atoms with van der Waals surface area (Å²) < 4.78 is 0. The van der Waals surface area contributed by atoms with Gasteiger partial charge in [0.15, 0.2) is 0 Å². The van der Waals surface area contributed by atoms with Gasteiger partial charge in [0, 0.05) is 19.6 Å². The van der Waals surface area contributed by atoms with Gasteiger partial charge in [-0.25, -0.2) is 0 Å². The van der Waals surface area contributed by atoms with E-state index in [0.29, 0.717) is 24.3 Å². The molecule has 1 aliphatic rings. The number of nitrogens with one attached hydrogen (secondary N) is 2. The Morgan fingerprint density at radius 2 is 1.81 bits per heavy atom. The van der Waals surface area contributed by atoms with Crippen LogP contribution < -0.4 is 10.6 Å². The highest BCUT2D eigenvalue weighted by molar-refractivity contribution is 6.04. The maximum absolute atomic E-state index is 13.1. The lowest BCUT2D eigenvalue weighted by Crippen LogP contribution is -2.40. The average Bonchev–Trinajstić information content (AvgIpc) is 2.83. The molecule has 0 saturated carbocycles. The van der Waals surface area contributed by atoms with E-state index in [4.69, 9.17) is 0 Å². The second kappa shape index (κ2) is 10.2. The van der Waals surface area contributed by atoms with Crippen LogP contribution in [0.5, 0.6) is 0 Å². The molecule has 1 saturated heterocycles. The maximum atomic E-state index is 13.1. The second-order valence-corrected chi connectivity index (χ2v) is 8.25. The van der Waals surface area contributed by atoms with Gasteiger partial charge in [0.2, 0.25) is 5.91 Å². The molecular formula is C27H29N3O2. The standard InChI is InChI=1S/C27H29N3O2/c1-2-16-28-27(32)24-14-5-6-15-25(24)29-26(31)22-12-8-17-30(19-22)18-21-11-7-10-20-9-3-4-13-23(20)21/h2-7,9-11,13-15,22H,1,8,12,16-19H2,(H,28,32)(H,29,31). The molecule has 2 amide bonds. The molecule has 1 heterocycles. The average molecular weight is 428 g/mol. The van der Waals surface area contributed by atoms with Crippen LogP contribution >= 0.6 is 0 Å². The normalized spacial score (nSPS) is 16.4. The van der Waals surface area contributed by atoms with Crippen molar-refractivity contribution in [2.24, 2.45) is 5.92 Å². The molecule has 0 aliphatic carbocycles. The van der Waals surface area contributed by atoms with E-state index in [-0.39, 0.29) is 17.7 Å². The van der Waals surface area contributed by atoms with Crippen molar-refractivity contribution in [2.45, 2.75) is 19.4 Å². The molecule has 0 spiro atoms. The van der Waals surface area contributed by atoms with Gasteiger partial charge in [0.05, 0.1) is 17.2 Å². The number of benzene rings is 3. The summed E-state index contributed by atoms with van der Waals surface area (Å²) in [7, 11) is 0. The van der Waals surface area contributed by atoms with Crippen molar-refractivity contribution >= 4 is 28.3 Å². The Morgan fingerprint density at radius 3 is 2.69 bits per heavy atom. The first-order valence-corrected chi connectivity index (χ1v) is 11.1. The Kier molecular flexibility index (Phi) is 6.97. The van der Waals surface area contributed by atoms with Crippen molar-refractivity contribution in [1.29, 1.82) is 0 Å². The largest absolute Gasteiger partial charge is 0.349 e. The van der Waals surface area contributed by atoms with Gasteiger partial charge in [-0.05, 0) is 47.9 Å². The van der Waals surface area contributed by atoms with Crippen LogP contribution in [0.1, 0.15) is 28.8 Å². The monoisotopic (exact) mass is 427 g/mol. The van der Waals surface area contributed by atoms with E-state index in [0.717, 1.165) is 25.9 Å². The summed E-state index contributed by atoms with van der Waals surface area (Å²) in [5, 5.41) is 8.28. The van der Waals surface area contributed by atoms with E-state index in [1.54, 1.807) is 24.3 Å². The summed E-state index contributed by atoms with van der Waals surface area (Å²) in [6.07, 6.45) is 3.46. The molecule has 1 aliphatic heterocycles. The number of likely N-dealkylation sites (tertiary alicyclic amines) is 1. The Hall–Kier alpha value is -3.44. The van der Waals surface area contributed by atoms with Gasteiger partial charge < -0.3 is 10.6 Å². The lowest BCUT2D eigenvalue weighted by Gasteiger charge is -2.32. The number of rotatable bonds is 7. The number of carbonyl (C=O) groups excluding carboxylic acids is 2. The first kappa shape index (κ1) is 21.8. The fourth-order valence-electron chi connectivity index (χ4n) is 4.37. The SMILES string of the molecule is C=CCNC(=O)c1ccccc1NC(=O)C1CCCN(Cc2cccc3ccccc23)C1. The van der Waals surface area contributed by atoms with Gasteiger partial charge in [-0.1, -0.05) is 60.7 Å². The summed E-state index contributed by atoms with van der Waals surface area (Å²) >= 11 is 0. The highest BCUT2D eigenvalue weighted by Gasteiger charge is 2.27. The van der Waals surface area contributed by atoms with E-state index in [2.05, 4.69) is 64.6 Å². The Morgan fingerprint density at radius 1 is 1.03 bits per heavy atom. The summed E-state index contributed by atoms with van der Waals surface area (Å²) in [4.78, 5) is 27.9. The van der Waals surface area contributed by atoms with E-state index in [1.807, 2.05) is 6.07 Å². The van der Waals surface area contributed by atoms with E-state index in [1.165, 1.54) is 16.3 Å². The van der Waals surface area contributed by atoms with Crippen LogP contribution in [0.15, 0.2) is 79.4 Å². The Balaban J connectivity index is 1.43. The molecule has 2 N–H and O–H groups in total. The smallest absolute Gasteiger partial charge is 0.253 e. The third-order valence-corrected chi connectivity index (χ3v) is 5.99. The van der Waals surface area contributed by atoms with Crippen LogP contribution in [0.4, 0.5) is 5.69 Å². The van der Waals surface area contributed by atoms with Crippen molar-refractivity contribution in [3.63, 3.8) is 0 Å². The van der Waals surface area contributed by atoms with Crippen LogP contribution in [0, 0.1) is 5.92 Å². The lowest BCUT2D eigenvalue weighted by atomic mass is 9.95. The molecule has 0 aromatic heterocycles. The lowest BCUT2D eigenvalue weighted by molar-refractivity contribution is -0.121. The highest BCUT2D eigenvalue weighted by Crippen LogP contribution is 2.25. The molecule has 0 radical (unpaired) electrons. The first-order valence-electron chi connectivity index (χ1n) is 11.1. The molecule has 1 fully saturated rings. The van der Waals surface area contributed by atoms with Gasteiger partial charge >= 0.3 is 0 Å². The molecular weight excluding hydrogens is 398 g/mol. The molecule has 1 atom stereocenters. The van der Waals surface area contributed by atoms with E-state index in [9.17, 15) is 9.59 Å². The molecule has 32 heavy (non-hydrogen) atoms. The molecule has 4 rings (SSSR count). The van der Waals surface area contributed by atoms with Gasteiger partial charge in [0.1, 0.15) is 0 Å². The maximum Gasteiger partial charge on any atom is 0.253 e. The number of amides is 2. The van der Waals surface area contributed by atoms with Crippen LogP contribution in [0.2, 0.25) is 0 Å². The van der Waals surface area contributed by atoms with Gasteiger partial charge in [-0.2, -0.15) is 0 Å². The number of hydrogen-bond donors (Lipinski definition) is 2. The number of nitrogens with zero attached hydrogens (tertiary/aromatic N) is 1. The van der Waals surface area contributed by atoms with Gasteiger partial charge in [0.25, 0.3) is 5.91 Å². The van der Waals surface area contributed by atoms with Crippen LogP contribution in [-0.4, -0.2) is 36.3 Å². The molecule has 0 bridgehead atoms. The van der Waals surface area contributed by atoms with E-state index < -0.39 is 0 Å². The third kappa shape index (κ3) is 5.06. The van der Waals surface area contributed by atoms with Crippen molar-refractivity contribution in [2.75, 3.05) is 25.0 Å².